The number of hydrogen-bond acceptors (Lipinski definition) is 3. The van der Waals surface area contributed by atoms with Crippen LogP contribution in [0.4, 0.5) is 5.69 Å². The minimum absolute atomic E-state index is 0.0102. The molecule has 23 heavy (non-hydrogen) atoms. The van der Waals surface area contributed by atoms with Crippen molar-refractivity contribution in [2.45, 2.75) is 39.3 Å². The Labute approximate surface area is 138 Å². The van der Waals surface area contributed by atoms with Crippen LogP contribution in [0.1, 0.15) is 37.5 Å². The molecule has 1 atom stereocenters. The van der Waals surface area contributed by atoms with E-state index < -0.39 is 0 Å². The van der Waals surface area contributed by atoms with E-state index in [1.165, 1.54) is 33.5 Å². The van der Waals surface area contributed by atoms with Crippen molar-refractivity contribution in [3.8, 4) is 11.1 Å². The molecule has 118 valence electrons. The Bertz CT molecular complexity index is 820. The summed E-state index contributed by atoms with van der Waals surface area (Å²) in [5.41, 5.74) is 8.06. The zero-order chi connectivity index (χ0) is 16.4. The van der Waals surface area contributed by atoms with Crippen LogP contribution in [0, 0.1) is 6.92 Å². The van der Waals surface area contributed by atoms with E-state index in [-0.39, 0.29) is 5.41 Å². The molecule has 3 heteroatoms. The molecule has 1 aromatic heterocycles. The molecule has 4 rings (SSSR count). The molecule has 2 heterocycles. The zero-order valence-electron chi connectivity index (χ0n) is 14.5. The lowest BCUT2D eigenvalue weighted by atomic mass is 9.80. The fraction of sp³-hybridized carbons (Fsp3) is 0.350. The normalized spacial score (nSPS) is 20.8. The van der Waals surface area contributed by atoms with Gasteiger partial charge in [0.05, 0.1) is 5.69 Å². The molecule has 0 spiro atoms. The van der Waals surface area contributed by atoms with Crippen LogP contribution in [0.3, 0.4) is 0 Å². The summed E-state index contributed by atoms with van der Waals surface area (Å²) in [4.78, 5) is 9.01. The lowest BCUT2D eigenvalue weighted by molar-refractivity contribution is 0.382. The van der Waals surface area contributed by atoms with Crippen LogP contribution in [-0.2, 0) is 5.41 Å². The molecule has 0 bridgehead atoms. The first-order valence-corrected chi connectivity index (χ1v) is 8.20. The summed E-state index contributed by atoms with van der Waals surface area (Å²) in [6.45, 7) is 9.12. The molecular formula is C20H23N3. The number of fused-ring (bicyclic) bond motifs is 3. The van der Waals surface area contributed by atoms with Gasteiger partial charge < -0.3 is 9.80 Å². The molecular weight excluding hydrogens is 282 g/mol. The van der Waals surface area contributed by atoms with Gasteiger partial charge in [0.15, 0.2) is 0 Å². The van der Waals surface area contributed by atoms with Gasteiger partial charge in [-0.25, -0.2) is 0 Å². The van der Waals surface area contributed by atoms with E-state index in [0.717, 1.165) is 0 Å². The summed E-state index contributed by atoms with van der Waals surface area (Å²) in [6, 6.07) is 6.67. The molecule has 1 aliphatic heterocycles. The number of rotatable bonds is 1. The van der Waals surface area contributed by atoms with E-state index in [9.17, 15) is 0 Å². The van der Waals surface area contributed by atoms with E-state index in [1.54, 1.807) is 0 Å². The highest BCUT2D eigenvalue weighted by molar-refractivity contribution is 5.87. The van der Waals surface area contributed by atoms with Crippen LogP contribution >= 0.6 is 0 Å². The average molecular weight is 305 g/mol. The van der Waals surface area contributed by atoms with Gasteiger partial charge in [-0.3, -0.25) is 4.98 Å². The summed E-state index contributed by atoms with van der Waals surface area (Å²) in [6.07, 6.45) is 8.60. The van der Waals surface area contributed by atoms with E-state index in [2.05, 4.69) is 80.1 Å². The third-order valence-electron chi connectivity index (χ3n) is 5.50. The second-order valence-electron chi connectivity index (χ2n) is 7.20. The molecule has 2 aliphatic rings. The highest BCUT2D eigenvalue weighted by atomic mass is 15.4. The minimum Gasteiger partial charge on any atom is -0.359 e. The van der Waals surface area contributed by atoms with Crippen molar-refractivity contribution in [1.82, 2.24) is 9.88 Å². The lowest BCUT2D eigenvalue weighted by Crippen LogP contribution is -2.35. The number of anilines is 1. The van der Waals surface area contributed by atoms with Crippen molar-refractivity contribution in [3.63, 3.8) is 0 Å². The summed E-state index contributed by atoms with van der Waals surface area (Å²) in [5, 5.41) is 0. The fourth-order valence-electron chi connectivity index (χ4n) is 4.06. The molecule has 0 radical (unpaired) electrons. The third kappa shape index (κ3) is 1.79. The summed E-state index contributed by atoms with van der Waals surface area (Å²) >= 11 is 0. The number of pyridine rings is 1. The van der Waals surface area contributed by atoms with E-state index in [1.807, 2.05) is 12.4 Å². The molecule has 0 saturated heterocycles. The van der Waals surface area contributed by atoms with Crippen LogP contribution in [0.25, 0.3) is 11.1 Å². The maximum Gasteiger partial charge on any atom is 0.102 e. The van der Waals surface area contributed by atoms with Crippen LogP contribution in [0.15, 0.2) is 43.0 Å². The van der Waals surface area contributed by atoms with Gasteiger partial charge in [0.2, 0.25) is 0 Å². The molecule has 3 nitrogen and oxygen atoms in total. The summed E-state index contributed by atoms with van der Waals surface area (Å²) in [5.74, 6) is 0. The average Bonchev–Trinajstić information content (AvgIpc) is 2.97. The van der Waals surface area contributed by atoms with Crippen LogP contribution in [-0.4, -0.2) is 23.1 Å². The van der Waals surface area contributed by atoms with E-state index in [0.29, 0.717) is 6.17 Å². The topological polar surface area (TPSA) is 19.4 Å². The van der Waals surface area contributed by atoms with Crippen molar-refractivity contribution >= 4 is 5.69 Å². The van der Waals surface area contributed by atoms with E-state index in [4.69, 9.17) is 0 Å². The van der Waals surface area contributed by atoms with Gasteiger partial charge >= 0.3 is 0 Å². The number of aryl methyl sites for hydroxylation is 1. The number of aromatic nitrogens is 1. The molecule has 0 fully saturated rings. The van der Waals surface area contributed by atoms with E-state index >= 15 is 0 Å². The van der Waals surface area contributed by atoms with Crippen molar-refractivity contribution in [1.29, 1.82) is 0 Å². The first kappa shape index (κ1) is 14.3. The Kier molecular flexibility index (Phi) is 2.87. The summed E-state index contributed by atoms with van der Waals surface area (Å²) < 4.78 is 0. The van der Waals surface area contributed by atoms with Gasteiger partial charge in [0.1, 0.15) is 6.17 Å². The Morgan fingerprint density at radius 3 is 2.57 bits per heavy atom. The quantitative estimate of drug-likeness (QED) is 0.784. The van der Waals surface area contributed by atoms with Gasteiger partial charge in [0.25, 0.3) is 0 Å². The highest BCUT2D eigenvalue weighted by Gasteiger charge is 2.40. The maximum absolute atomic E-state index is 4.36. The first-order chi connectivity index (χ1) is 10.9. The fourth-order valence-corrected chi connectivity index (χ4v) is 4.06. The third-order valence-corrected chi connectivity index (χ3v) is 5.50. The highest BCUT2D eigenvalue weighted by Crippen LogP contribution is 2.53. The Morgan fingerprint density at radius 2 is 1.87 bits per heavy atom. The van der Waals surface area contributed by atoms with Crippen LogP contribution < -0.4 is 4.90 Å². The molecule has 0 N–H and O–H groups in total. The van der Waals surface area contributed by atoms with Crippen LogP contribution in [0.5, 0.6) is 0 Å². The monoisotopic (exact) mass is 305 g/mol. The van der Waals surface area contributed by atoms with Gasteiger partial charge in [-0.1, -0.05) is 26.0 Å². The predicted octanol–water partition coefficient (Wildman–Crippen LogP) is 4.27. The molecule has 2 aromatic rings. The summed E-state index contributed by atoms with van der Waals surface area (Å²) in [7, 11) is 2.13. The standard InChI is InChI=1S/C20H23N3/c1-13-6-7-15-16-12-21-9-8-17(16)20(3,4)18(15)19(13)23-11-10-22(5)14(23)2/h6-12,14H,1-5H3/t14-/m0/s1. The molecule has 1 aliphatic carbocycles. The Morgan fingerprint density at radius 1 is 1.09 bits per heavy atom. The largest absolute Gasteiger partial charge is 0.359 e. The zero-order valence-corrected chi connectivity index (χ0v) is 14.5. The van der Waals surface area contributed by atoms with Gasteiger partial charge in [-0.15, -0.1) is 0 Å². The molecule has 0 saturated carbocycles. The Hall–Kier alpha value is -2.29. The smallest absolute Gasteiger partial charge is 0.102 e. The predicted molar refractivity (Wildman–Crippen MR) is 95.4 cm³/mol. The second-order valence-corrected chi connectivity index (χ2v) is 7.20. The SMILES string of the molecule is Cc1ccc2c(c1N1C=CN(C)[C@@H]1C)C(C)(C)c1ccncc1-2. The molecule has 0 unspecified atom stereocenters. The maximum atomic E-state index is 4.36. The van der Waals surface area contributed by atoms with Crippen molar-refractivity contribution in [2.24, 2.45) is 0 Å². The number of benzene rings is 1. The first-order valence-electron chi connectivity index (χ1n) is 8.20. The molecule has 0 amide bonds. The van der Waals surface area contributed by atoms with Gasteiger partial charge in [-0.05, 0) is 42.2 Å². The van der Waals surface area contributed by atoms with Gasteiger partial charge in [-0.2, -0.15) is 0 Å². The lowest BCUT2D eigenvalue weighted by Gasteiger charge is -2.33. The second kappa shape index (κ2) is 4.60. The van der Waals surface area contributed by atoms with Gasteiger partial charge in [0, 0.05) is 42.8 Å². The minimum atomic E-state index is -0.0102. The van der Waals surface area contributed by atoms with Crippen molar-refractivity contribution in [3.05, 3.63) is 59.7 Å². The molecule has 1 aromatic carbocycles. The van der Waals surface area contributed by atoms with Crippen LogP contribution in [0.2, 0.25) is 0 Å². The van der Waals surface area contributed by atoms with Crippen molar-refractivity contribution in [2.75, 3.05) is 11.9 Å². The Balaban J connectivity index is 2.00. The number of nitrogens with zero attached hydrogens (tertiary/aromatic N) is 3. The van der Waals surface area contributed by atoms with Crippen molar-refractivity contribution < 1.29 is 0 Å². The number of hydrogen-bond donors (Lipinski definition) is 0.